The van der Waals surface area contributed by atoms with Crippen molar-refractivity contribution in [1.29, 1.82) is 0 Å². The summed E-state index contributed by atoms with van der Waals surface area (Å²) >= 11 is 5.22. The molecule has 1 aliphatic rings. The van der Waals surface area contributed by atoms with E-state index < -0.39 is 0 Å². The Morgan fingerprint density at radius 3 is 2.68 bits per heavy atom. The average Bonchev–Trinajstić information content (AvgIpc) is 2.47. The summed E-state index contributed by atoms with van der Waals surface area (Å²) < 4.78 is 4.97. The molecule has 22 heavy (non-hydrogen) atoms. The lowest BCUT2D eigenvalue weighted by Crippen LogP contribution is -2.39. The molecule has 1 saturated heterocycles. The minimum atomic E-state index is 0.590. The molecule has 1 aromatic rings. The Morgan fingerprint density at radius 2 is 2.09 bits per heavy atom. The number of methoxy groups -OCH3 is 1. The van der Waals surface area contributed by atoms with Crippen LogP contribution in [0.4, 0.5) is 11.5 Å². The number of nitrogens with one attached hydrogen (secondary N) is 2. The molecule has 1 aliphatic heterocycles. The Morgan fingerprint density at radius 1 is 1.36 bits per heavy atom. The molecule has 0 aromatic carbocycles. The van der Waals surface area contributed by atoms with Crippen LogP contribution in [0.25, 0.3) is 0 Å². The Kier molecular flexibility index (Phi) is 6.39. The zero-order chi connectivity index (χ0) is 15.9. The van der Waals surface area contributed by atoms with E-state index in [0.717, 1.165) is 36.4 Å². The summed E-state index contributed by atoms with van der Waals surface area (Å²) in [6, 6.07) is 4.08. The number of hydrogen-bond donors (Lipinski definition) is 2. The Balaban J connectivity index is 1.88. The fourth-order valence-electron chi connectivity index (χ4n) is 2.94. The molecule has 0 spiro atoms. The van der Waals surface area contributed by atoms with Gasteiger partial charge in [-0.2, -0.15) is 0 Å². The normalized spacial score (nSPS) is 21.5. The molecule has 1 aromatic heterocycles. The maximum atomic E-state index is 5.22. The number of thiocarbonyl (C=S) groups is 1. The number of ether oxygens (including phenoxy) is 1. The maximum Gasteiger partial charge on any atom is 0.170 e. The van der Waals surface area contributed by atoms with Gasteiger partial charge in [-0.3, -0.25) is 0 Å². The quantitative estimate of drug-likeness (QED) is 0.642. The number of nitrogens with zero attached hydrogens (tertiary/aromatic N) is 2. The molecule has 0 unspecified atom stereocenters. The van der Waals surface area contributed by atoms with E-state index in [-0.39, 0.29) is 0 Å². The molecule has 0 saturated carbocycles. The summed E-state index contributed by atoms with van der Waals surface area (Å²) in [5, 5.41) is 6.80. The number of rotatable bonds is 5. The fourth-order valence-corrected chi connectivity index (χ4v) is 3.16. The van der Waals surface area contributed by atoms with Crippen LogP contribution in [0.3, 0.4) is 0 Å². The van der Waals surface area contributed by atoms with Gasteiger partial charge in [0.05, 0.1) is 18.5 Å². The first kappa shape index (κ1) is 17.0. The van der Waals surface area contributed by atoms with E-state index in [4.69, 9.17) is 17.0 Å². The first-order chi connectivity index (χ1) is 10.6. The predicted molar refractivity (Wildman–Crippen MR) is 95.5 cm³/mol. The SMILES string of the molecule is COCCNC(=S)Nc1ccc(N2C[C@H](C)C[C@@H](C)C2)nc1. The van der Waals surface area contributed by atoms with Gasteiger partial charge in [0.1, 0.15) is 5.82 Å². The predicted octanol–water partition coefficient (Wildman–Crippen LogP) is 2.50. The van der Waals surface area contributed by atoms with E-state index in [0.29, 0.717) is 18.3 Å². The third-order valence-corrected chi connectivity index (χ3v) is 4.04. The van der Waals surface area contributed by atoms with Gasteiger partial charge in [0.2, 0.25) is 0 Å². The molecule has 2 atom stereocenters. The van der Waals surface area contributed by atoms with Crippen molar-refractivity contribution in [2.45, 2.75) is 20.3 Å². The monoisotopic (exact) mass is 322 g/mol. The minimum Gasteiger partial charge on any atom is -0.383 e. The second kappa shape index (κ2) is 8.29. The molecule has 6 heteroatoms. The van der Waals surface area contributed by atoms with Crippen LogP contribution in [0.1, 0.15) is 20.3 Å². The van der Waals surface area contributed by atoms with Crippen LogP contribution >= 0.6 is 12.2 Å². The van der Waals surface area contributed by atoms with Crippen molar-refractivity contribution < 1.29 is 4.74 Å². The van der Waals surface area contributed by atoms with Gasteiger partial charge in [0.15, 0.2) is 5.11 Å². The fraction of sp³-hybridized carbons (Fsp3) is 0.625. The number of anilines is 2. The van der Waals surface area contributed by atoms with Crippen molar-refractivity contribution in [3.63, 3.8) is 0 Å². The van der Waals surface area contributed by atoms with Gasteiger partial charge in [0, 0.05) is 26.7 Å². The third kappa shape index (κ3) is 5.10. The van der Waals surface area contributed by atoms with Gasteiger partial charge in [-0.25, -0.2) is 4.98 Å². The lowest BCUT2D eigenvalue weighted by molar-refractivity contribution is 0.204. The van der Waals surface area contributed by atoms with Gasteiger partial charge in [0.25, 0.3) is 0 Å². The zero-order valence-electron chi connectivity index (χ0n) is 13.6. The minimum absolute atomic E-state index is 0.590. The van der Waals surface area contributed by atoms with Crippen LogP contribution < -0.4 is 15.5 Å². The number of hydrogen-bond acceptors (Lipinski definition) is 4. The van der Waals surface area contributed by atoms with Crippen LogP contribution in [0.2, 0.25) is 0 Å². The molecule has 2 rings (SSSR count). The summed E-state index contributed by atoms with van der Waals surface area (Å²) in [6.45, 7) is 8.11. The summed E-state index contributed by atoms with van der Waals surface area (Å²) in [5.41, 5.74) is 0.900. The van der Waals surface area contributed by atoms with Crippen molar-refractivity contribution in [2.24, 2.45) is 11.8 Å². The van der Waals surface area contributed by atoms with Crippen LogP contribution in [0.5, 0.6) is 0 Å². The lowest BCUT2D eigenvalue weighted by Gasteiger charge is -2.35. The highest BCUT2D eigenvalue weighted by atomic mass is 32.1. The van der Waals surface area contributed by atoms with Crippen molar-refractivity contribution in [1.82, 2.24) is 10.3 Å². The summed E-state index contributed by atoms with van der Waals surface area (Å²) in [4.78, 5) is 6.94. The topological polar surface area (TPSA) is 49.4 Å². The van der Waals surface area contributed by atoms with E-state index in [9.17, 15) is 0 Å². The maximum absolute atomic E-state index is 5.22. The zero-order valence-corrected chi connectivity index (χ0v) is 14.4. The van der Waals surface area contributed by atoms with E-state index >= 15 is 0 Å². The third-order valence-electron chi connectivity index (χ3n) is 3.79. The second-order valence-electron chi connectivity index (χ2n) is 6.13. The molecule has 5 nitrogen and oxygen atoms in total. The lowest BCUT2D eigenvalue weighted by atomic mass is 9.92. The molecule has 0 radical (unpaired) electrons. The summed E-state index contributed by atoms with van der Waals surface area (Å²) in [5.74, 6) is 2.49. The Labute approximate surface area is 138 Å². The largest absolute Gasteiger partial charge is 0.383 e. The molecule has 2 heterocycles. The van der Waals surface area contributed by atoms with Crippen molar-refractivity contribution in [3.05, 3.63) is 18.3 Å². The first-order valence-electron chi connectivity index (χ1n) is 7.83. The van der Waals surface area contributed by atoms with Gasteiger partial charge in [-0.15, -0.1) is 0 Å². The second-order valence-corrected chi connectivity index (χ2v) is 6.54. The van der Waals surface area contributed by atoms with Crippen LogP contribution in [-0.4, -0.2) is 43.4 Å². The molecule has 2 N–H and O–H groups in total. The summed E-state index contributed by atoms with van der Waals surface area (Å²) in [7, 11) is 1.67. The van der Waals surface area contributed by atoms with Gasteiger partial charge in [-0.05, 0) is 42.6 Å². The highest BCUT2D eigenvalue weighted by molar-refractivity contribution is 7.80. The van der Waals surface area contributed by atoms with Crippen LogP contribution in [0.15, 0.2) is 18.3 Å². The Hall–Kier alpha value is -1.40. The van der Waals surface area contributed by atoms with Gasteiger partial charge < -0.3 is 20.3 Å². The molecule has 122 valence electrons. The van der Waals surface area contributed by atoms with Crippen molar-refractivity contribution >= 4 is 28.8 Å². The molecular weight excluding hydrogens is 296 g/mol. The van der Waals surface area contributed by atoms with E-state index in [1.165, 1.54) is 6.42 Å². The molecule has 1 fully saturated rings. The Bertz CT molecular complexity index is 470. The van der Waals surface area contributed by atoms with Crippen LogP contribution in [-0.2, 0) is 4.74 Å². The van der Waals surface area contributed by atoms with Crippen molar-refractivity contribution in [2.75, 3.05) is 43.6 Å². The molecule has 0 amide bonds. The average molecular weight is 322 g/mol. The van der Waals surface area contributed by atoms with E-state index in [1.54, 1.807) is 7.11 Å². The molecule has 0 aliphatic carbocycles. The van der Waals surface area contributed by atoms with E-state index in [2.05, 4.69) is 40.4 Å². The number of piperidine rings is 1. The molecule has 0 bridgehead atoms. The highest BCUT2D eigenvalue weighted by Gasteiger charge is 2.22. The first-order valence-corrected chi connectivity index (χ1v) is 8.24. The summed E-state index contributed by atoms with van der Waals surface area (Å²) in [6.07, 6.45) is 3.14. The van der Waals surface area contributed by atoms with Gasteiger partial charge in [-0.1, -0.05) is 13.8 Å². The van der Waals surface area contributed by atoms with E-state index in [1.807, 2.05) is 12.3 Å². The highest BCUT2D eigenvalue weighted by Crippen LogP contribution is 2.25. The smallest absolute Gasteiger partial charge is 0.170 e. The molecular formula is C16H26N4OS. The van der Waals surface area contributed by atoms with Gasteiger partial charge >= 0.3 is 0 Å². The van der Waals surface area contributed by atoms with Crippen molar-refractivity contribution in [3.8, 4) is 0 Å². The van der Waals surface area contributed by atoms with Crippen LogP contribution in [0, 0.1) is 11.8 Å². The standard InChI is InChI=1S/C16H26N4OS/c1-12-8-13(2)11-20(10-12)15-5-4-14(9-18-15)19-16(22)17-6-7-21-3/h4-5,9,12-13H,6-8,10-11H2,1-3H3,(H2,17,19,22)/t12-,13-/m1/s1. The number of aromatic nitrogens is 1. The number of pyridine rings is 1.